The Morgan fingerprint density at radius 2 is 1.95 bits per heavy atom. The number of carboxylic acids is 1. The lowest BCUT2D eigenvalue weighted by atomic mass is 10.3. The van der Waals surface area contributed by atoms with Gasteiger partial charge in [0.2, 0.25) is 0 Å². The molecule has 8 heteroatoms. The summed E-state index contributed by atoms with van der Waals surface area (Å²) in [4.78, 5) is 25.9. The van der Waals surface area contributed by atoms with E-state index in [2.05, 4.69) is 15.5 Å². The Kier molecular flexibility index (Phi) is 4.46. The van der Waals surface area contributed by atoms with E-state index in [-0.39, 0.29) is 18.1 Å². The molecule has 8 nitrogen and oxygen atoms in total. The summed E-state index contributed by atoms with van der Waals surface area (Å²) in [5.41, 5.74) is 0.278. The average Bonchev–Trinajstić information content (AvgIpc) is 2.47. The van der Waals surface area contributed by atoms with Gasteiger partial charge >= 0.3 is 5.97 Å². The fourth-order valence-electron chi connectivity index (χ4n) is 2.07. The van der Waals surface area contributed by atoms with Crippen molar-refractivity contribution in [3.8, 4) is 0 Å². The van der Waals surface area contributed by atoms with Crippen molar-refractivity contribution < 1.29 is 14.7 Å². The van der Waals surface area contributed by atoms with Gasteiger partial charge in [0, 0.05) is 33.2 Å². The Morgan fingerprint density at radius 1 is 1.25 bits per heavy atom. The average molecular weight is 279 g/mol. The minimum absolute atomic E-state index is 0.0646. The van der Waals surface area contributed by atoms with Crippen molar-refractivity contribution in [2.24, 2.45) is 0 Å². The van der Waals surface area contributed by atoms with Crippen LogP contribution in [0.2, 0.25) is 0 Å². The number of hydrogen-bond donors (Lipinski definition) is 2. The molecule has 1 aromatic rings. The van der Waals surface area contributed by atoms with Crippen LogP contribution in [0.5, 0.6) is 0 Å². The van der Waals surface area contributed by atoms with E-state index in [0.29, 0.717) is 32.0 Å². The predicted octanol–water partition coefficient (Wildman–Crippen LogP) is -0.957. The summed E-state index contributed by atoms with van der Waals surface area (Å²) < 4.78 is 0. The molecule has 1 aliphatic heterocycles. The number of carbonyl (C=O) groups is 2. The van der Waals surface area contributed by atoms with Crippen molar-refractivity contribution in [3.05, 3.63) is 17.8 Å². The Bertz CT molecular complexity index is 482. The number of aliphatic carboxylic acids is 1. The van der Waals surface area contributed by atoms with E-state index in [1.807, 2.05) is 9.80 Å². The zero-order valence-electron chi connectivity index (χ0n) is 11.2. The highest BCUT2D eigenvalue weighted by Crippen LogP contribution is 2.12. The van der Waals surface area contributed by atoms with Crippen LogP contribution < -0.4 is 10.2 Å². The third-order valence-corrected chi connectivity index (χ3v) is 3.17. The van der Waals surface area contributed by atoms with Gasteiger partial charge in [-0.2, -0.15) is 0 Å². The highest BCUT2D eigenvalue weighted by atomic mass is 16.4. The van der Waals surface area contributed by atoms with Crippen LogP contribution in [0.3, 0.4) is 0 Å². The lowest BCUT2D eigenvalue weighted by Crippen LogP contribution is -2.48. The lowest BCUT2D eigenvalue weighted by molar-refractivity contribution is -0.138. The first-order chi connectivity index (χ1) is 9.60. The molecule has 1 saturated heterocycles. The van der Waals surface area contributed by atoms with E-state index in [1.54, 1.807) is 19.2 Å². The number of piperazine rings is 1. The van der Waals surface area contributed by atoms with Crippen LogP contribution in [0.25, 0.3) is 0 Å². The summed E-state index contributed by atoms with van der Waals surface area (Å²) in [5.74, 6) is -0.379. The molecule has 1 aliphatic rings. The summed E-state index contributed by atoms with van der Waals surface area (Å²) >= 11 is 0. The standard InChI is InChI=1S/C12H17N5O3/c1-13-12(20)9-2-3-10(15-14-9)17-6-4-16(5-7-17)8-11(18)19/h2-3H,4-8H2,1H3,(H,13,20)(H,18,19). The Labute approximate surface area is 116 Å². The van der Waals surface area contributed by atoms with E-state index < -0.39 is 5.97 Å². The number of aromatic nitrogens is 2. The van der Waals surface area contributed by atoms with Gasteiger partial charge in [-0.25, -0.2) is 0 Å². The van der Waals surface area contributed by atoms with Crippen LogP contribution in [0.15, 0.2) is 12.1 Å². The molecule has 2 rings (SSSR count). The van der Waals surface area contributed by atoms with E-state index in [4.69, 9.17) is 5.11 Å². The molecular weight excluding hydrogens is 262 g/mol. The molecule has 0 bridgehead atoms. The predicted molar refractivity (Wildman–Crippen MR) is 71.7 cm³/mol. The number of nitrogens with one attached hydrogen (secondary N) is 1. The lowest BCUT2D eigenvalue weighted by Gasteiger charge is -2.34. The summed E-state index contributed by atoms with van der Waals surface area (Å²) in [7, 11) is 1.54. The summed E-state index contributed by atoms with van der Waals surface area (Å²) in [5, 5.41) is 19.1. The minimum Gasteiger partial charge on any atom is -0.480 e. The first-order valence-electron chi connectivity index (χ1n) is 6.35. The number of rotatable bonds is 4. The molecule has 108 valence electrons. The van der Waals surface area contributed by atoms with Crippen LogP contribution >= 0.6 is 0 Å². The van der Waals surface area contributed by atoms with Gasteiger partial charge in [0.1, 0.15) is 0 Å². The SMILES string of the molecule is CNC(=O)c1ccc(N2CCN(CC(=O)O)CC2)nn1. The molecule has 0 unspecified atom stereocenters. The number of amides is 1. The van der Waals surface area contributed by atoms with Crippen molar-refractivity contribution >= 4 is 17.7 Å². The normalized spacial score (nSPS) is 15.9. The van der Waals surface area contributed by atoms with Gasteiger partial charge in [-0.1, -0.05) is 0 Å². The van der Waals surface area contributed by atoms with Gasteiger partial charge in [0.05, 0.1) is 6.54 Å². The highest BCUT2D eigenvalue weighted by molar-refractivity contribution is 5.91. The zero-order chi connectivity index (χ0) is 14.5. The number of carbonyl (C=O) groups excluding carboxylic acids is 1. The Morgan fingerprint density at radius 3 is 2.45 bits per heavy atom. The van der Waals surface area contributed by atoms with E-state index in [9.17, 15) is 9.59 Å². The number of anilines is 1. The molecule has 0 spiro atoms. The molecular formula is C12H17N5O3. The van der Waals surface area contributed by atoms with Gasteiger partial charge in [0.25, 0.3) is 5.91 Å². The zero-order valence-corrected chi connectivity index (χ0v) is 11.2. The first kappa shape index (κ1) is 14.2. The largest absolute Gasteiger partial charge is 0.480 e. The minimum atomic E-state index is -0.812. The molecule has 2 N–H and O–H groups in total. The summed E-state index contributed by atoms with van der Waals surface area (Å²) in [6.45, 7) is 2.80. The second-order valence-electron chi connectivity index (χ2n) is 4.51. The molecule has 20 heavy (non-hydrogen) atoms. The van der Waals surface area contributed by atoms with Crippen LogP contribution in [-0.2, 0) is 4.79 Å². The van der Waals surface area contributed by atoms with E-state index >= 15 is 0 Å². The third-order valence-electron chi connectivity index (χ3n) is 3.17. The topological polar surface area (TPSA) is 98.7 Å². The molecule has 1 fully saturated rings. The smallest absolute Gasteiger partial charge is 0.317 e. The summed E-state index contributed by atoms with van der Waals surface area (Å²) in [6.07, 6.45) is 0. The molecule has 0 atom stereocenters. The fourth-order valence-corrected chi connectivity index (χ4v) is 2.07. The van der Waals surface area contributed by atoms with Gasteiger partial charge in [0.15, 0.2) is 11.5 Å². The van der Waals surface area contributed by atoms with Crippen molar-refractivity contribution in [1.29, 1.82) is 0 Å². The maximum absolute atomic E-state index is 11.4. The second-order valence-corrected chi connectivity index (χ2v) is 4.51. The Balaban J connectivity index is 1.93. The van der Waals surface area contributed by atoms with E-state index in [0.717, 1.165) is 0 Å². The summed E-state index contributed by atoms with van der Waals surface area (Å²) in [6, 6.07) is 3.38. The third kappa shape index (κ3) is 3.41. The molecule has 1 aromatic heterocycles. The van der Waals surface area contributed by atoms with Crippen LogP contribution in [0, 0.1) is 0 Å². The molecule has 0 aliphatic carbocycles. The Hall–Kier alpha value is -2.22. The maximum Gasteiger partial charge on any atom is 0.317 e. The van der Waals surface area contributed by atoms with Crippen molar-refractivity contribution in [2.45, 2.75) is 0 Å². The monoisotopic (exact) mass is 279 g/mol. The molecule has 2 heterocycles. The molecule has 0 saturated carbocycles. The quantitative estimate of drug-likeness (QED) is 0.732. The van der Waals surface area contributed by atoms with Gasteiger partial charge in [-0.3, -0.25) is 14.5 Å². The second kappa shape index (κ2) is 6.29. The number of carboxylic acid groups (broad SMARTS) is 1. The fraction of sp³-hybridized carbons (Fsp3) is 0.500. The van der Waals surface area contributed by atoms with Crippen LogP contribution in [-0.4, -0.2) is 71.9 Å². The van der Waals surface area contributed by atoms with Crippen molar-refractivity contribution in [2.75, 3.05) is 44.7 Å². The van der Waals surface area contributed by atoms with Crippen molar-refractivity contribution in [1.82, 2.24) is 20.4 Å². The van der Waals surface area contributed by atoms with Gasteiger partial charge < -0.3 is 15.3 Å². The molecule has 1 amide bonds. The molecule has 0 radical (unpaired) electrons. The maximum atomic E-state index is 11.4. The number of hydrogen-bond acceptors (Lipinski definition) is 6. The van der Waals surface area contributed by atoms with Crippen LogP contribution in [0.4, 0.5) is 5.82 Å². The molecule has 0 aromatic carbocycles. The van der Waals surface area contributed by atoms with Crippen molar-refractivity contribution in [3.63, 3.8) is 0 Å². The first-order valence-corrected chi connectivity index (χ1v) is 6.35. The van der Waals surface area contributed by atoms with Gasteiger partial charge in [-0.15, -0.1) is 10.2 Å². The number of nitrogens with zero attached hydrogens (tertiary/aromatic N) is 4. The highest BCUT2D eigenvalue weighted by Gasteiger charge is 2.20. The van der Waals surface area contributed by atoms with E-state index in [1.165, 1.54) is 0 Å². The van der Waals surface area contributed by atoms with Crippen LogP contribution in [0.1, 0.15) is 10.5 Å². The van der Waals surface area contributed by atoms with Gasteiger partial charge in [-0.05, 0) is 12.1 Å².